The average molecular weight is 332 g/mol. The number of methoxy groups -OCH3 is 1. The molecule has 23 heavy (non-hydrogen) atoms. The van der Waals surface area contributed by atoms with Crippen molar-refractivity contribution in [1.29, 1.82) is 0 Å². The Balaban J connectivity index is 1.94. The normalized spacial score (nSPS) is 10.2. The van der Waals surface area contributed by atoms with E-state index in [9.17, 15) is 9.59 Å². The van der Waals surface area contributed by atoms with Crippen molar-refractivity contribution in [3.05, 3.63) is 65.2 Å². The van der Waals surface area contributed by atoms with Crippen molar-refractivity contribution >= 4 is 29.2 Å². The molecule has 1 amide bonds. The molecule has 0 saturated heterocycles. The zero-order valence-electron chi connectivity index (χ0n) is 12.8. The van der Waals surface area contributed by atoms with Crippen LogP contribution in [0.4, 0.5) is 5.69 Å². The van der Waals surface area contributed by atoms with E-state index in [0.717, 1.165) is 11.1 Å². The smallest absolute Gasteiger partial charge is 0.305 e. The summed E-state index contributed by atoms with van der Waals surface area (Å²) in [7, 11) is 1.38. The molecule has 0 aliphatic carbocycles. The van der Waals surface area contributed by atoms with E-state index in [2.05, 4.69) is 10.1 Å². The van der Waals surface area contributed by atoms with Crippen LogP contribution in [-0.2, 0) is 21.8 Å². The molecule has 0 bridgehead atoms. The molecule has 0 saturated carbocycles. The number of esters is 1. The fourth-order valence-electron chi connectivity index (χ4n) is 2.05. The van der Waals surface area contributed by atoms with Crippen LogP contribution >= 0.6 is 11.6 Å². The second kappa shape index (κ2) is 8.34. The van der Waals surface area contributed by atoms with E-state index in [1.807, 2.05) is 36.4 Å². The van der Waals surface area contributed by atoms with Gasteiger partial charge in [0.15, 0.2) is 0 Å². The number of carbonyl (C=O) groups is 2. The van der Waals surface area contributed by atoms with Gasteiger partial charge in [0.25, 0.3) is 5.91 Å². The van der Waals surface area contributed by atoms with E-state index in [4.69, 9.17) is 11.6 Å². The summed E-state index contributed by atoms with van der Waals surface area (Å²) in [4.78, 5) is 23.3. The number of halogens is 1. The van der Waals surface area contributed by atoms with E-state index < -0.39 is 0 Å². The third-order valence-electron chi connectivity index (χ3n) is 3.43. The highest BCUT2D eigenvalue weighted by Gasteiger charge is 2.06. The van der Waals surface area contributed by atoms with Gasteiger partial charge in [0.05, 0.1) is 7.11 Å². The molecule has 0 atom stereocenters. The minimum Gasteiger partial charge on any atom is -0.469 e. The zero-order chi connectivity index (χ0) is 16.7. The highest BCUT2D eigenvalue weighted by molar-refractivity contribution is 6.17. The van der Waals surface area contributed by atoms with Crippen LogP contribution in [0, 0.1) is 0 Å². The summed E-state index contributed by atoms with van der Waals surface area (Å²) in [5, 5.41) is 2.84. The van der Waals surface area contributed by atoms with Crippen LogP contribution in [0.1, 0.15) is 27.9 Å². The third kappa shape index (κ3) is 5.11. The van der Waals surface area contributed by atoms with Crippen molar-refractivity contribution in [3.63, 3.8) is 0 Å². The molecule has 0 spiro atoms. The molecule has 2 aromatic carbocycles. The number of carbonyl (C=O) groups excluding carboxylic acids is 2. The summed E-state index contributed by atoms with van der Waals surface area (Å²) in [6.45, 7) is 0. The van der Waals surface area contributed by atoms with Crippen molar-refractivity contribution in [3.8, 4) is 0 Å². The Kier molecular flexibility index (Phi) is 6.18. The van der Waals surface area contributed by atoms with E-state index in [1.54, 1.807) is 12.1 Å². The minimum atomic E-state index is -0.234. The highest BCUT2D eigenvalue weighted by atomic mass is 35.5. The standard InChI is InChI=1S/C18H18ClNO3/c1-23-17(21)11-6-13-4-9-16(10-5-13)20-18(22)15-7-2-14(12-19)3-8-15/h2-5,7-10H,6,11-12H2,1H3,(H,20,22). The number of nitrogens with one attached hydrogen (secondary N) is 1. The van der Waals surface area contributed by atoms with Crippen molar-refractivity contribution in [2.75, 3.05) is 12.4 Å². The SMILES string of the molecule is COC(=O)CCc1ccc(NC(=O)c2ccc(CCl)cc2)cc1. The maximum atomic E-state index is 12.1. The van der Waals surface area contributed by atoms with Gasteiger partial charge in [-0.2, -0.15) is 0 Å². The quantitative estimate of drug-likeness (QED) is 0.647. The van der Waals surface area contributed by atoms with Gasteiger partial charge in [-0.05, 0) is 41.8 Å². The third-order valence-corrected chi connectivity index (χ3v) is 3.74. The molecule has 120 valence electrons. The Morgan fingerprint density at radius 2 is 1.61 bits per heavy atom. The number of anilines is 1. The van der Waals surface area contributed by atoms with E-state index >= 15 is 0 Å². The molecule has 2 rings (SSSR count). The minimum absolute atomic E-state index is 0.173. The number of hydrogen-bond donors (Lipinski definition) is 1. The van der Waals surface area contributed by atoms with E-state index in [-0.39, 0.29) is 11.9 Å². The second-order valence-electron chi connectivity index (χ2n) is 5.06. The van der Waals surface area contributed by atoms with Gasteiger partial charge in [0, 0.05) is 23.6 Å². The topological polar surface area (TPSA) is 55.4 Å². The summed E-state index contributed by atoms with van der Waals surface area (Å²) < 4.78 is 4.61. The number of hydrogen-bond acceptors (Lipinski definition) is 3. The van der Waals surface area contributed by atoms with Crippen LogP contribution in [-0.4, -0.2) is 19.0 Å². The molecule has 0 fully saturated rings. The van der Waals surface area contributed by atoms with Gasteiger partial charge in [-0.1, -0.05) is 24.3 Å². The molecule has 0 aliphatic rings. The van der Waals surface area contributed by atoms with Crippen LogP contribution in [0.3, 0.4) is 0 Å². The molecule has 2 aromatic rings. The molecule has 1 N–H and O–H groups in total. The first-order chi connectivity index (χ1) is 11.1. The lowest BCUT2D eigenvalue weighted by Gasteiger charge is -2.07. The molecular weight excluding hydrogens is 314 g/mol. The predicted octanol–water partition coefficient (Wildman–Crippen LogP) is 3.78. The van der Waals surface area contributed by atoms with Crippen LogP contribution in [0.2, 0.25) is 0 Å². The van der Waals surface area contributed by atoms with Crippen molar-refractivity contribution in [1.82, 2.24) is 0 Å². The number of alkyl halides is 1. The number of amides is 1. The zero-order valence-corrected chi connectivity index (χ0v) is 13.6. The Bertz CT molecular complexity index is 666. The lowest BCUT2D eigenvalue weighted by Crippen LogP contribution is -2.11. The van der Waals surface area contributed by atoms with Crippen molar-refractivity contribution in [2.24, 2.45) is 0 Å². The van der Waals surface area contributed by atoms with Gasteiger partial charge < -0.3 is 10.1 Å². The average Bonchev–Trinajstić information content (AvgIpc) is 2.60. The van der Waals surface area contributed by atoms with Gasteiger partial charge in [0.1, 0.15) is 0 Å². The van der Waals surface area contributed by atoms with Crippen molar-refractivity contribution in [2.45, 2.75) is 18.7 Å². The maximum absolute atomic E-state index is 12.1. The lowest BCUT2D eigenvalue weighted by molar-refractivity contribution is -0.140. The predicted molar refractivity (Wildman–Crippen MR) is 90.7 cm³/mol. The second-order valence-corrected chi connectivity index (χ2v) is 5.32. The van der Waals surface area contributed by atoms with Crippen LogP contribution in [0.25, 0.3) is 0 Å². The van der Waals surface area contributed by atoms with Crippen molar-refractivity contribution < 1.29 is 14.3 Å². The maximum Gasteiger partial charge on any atom is 0.305 e. The first kappa shape index (κ1) is 17.0. The monoisotopic (exact) mass is 331 g/mol. The van der Waals surface area contributed by atoms with Gasteiger partial charge in [-0.15, -0.1) is 11.6 Å². The Morgan fingerprint density at radius 3 is 2.17 bits per heavy atom. The summed E-state index contributed by atoms with van der Waals surface area (Å²) in [6.07, 6.45) is 0.954. The fourth-order valence-corrected chi connectivity index (χ4v) is 2.23. The summed E-state index contributed by atoms with van der Waals surface area (Å²) in [6, 6.07) is 14.6. The molecule has 0 aromatic heterocycles. The number of rotatable bonds is 6. The van der Waals surface area contributed by atoms with Gasteiger partial charge in [0.2, 0.25) is 0 Å². The van der Waals surface area contributed by atoms with Gasteiger partial charge in [-0.3, -0.25) is 9.59 Å². The molecule has 0 radical (unpaired) electrons. The van der Waals surface area contributed by atoms with E-state index in [0.29, 0.717) is 30.0 Å². The number of benzene rings is 2. The molecule has 5 heteroatoms. The summed E-state index contributed by atoms with van der Waals surface area (Å²) >= 11 is 5.73. The van der Waals surface area contributed by atoms with Gasteiger partial charge >= 0.3 is 5.97 Å². The summed E-state index contributed by atoms with van der Waals surface area (Å²) in [5.41, 5.74) is 3.27. The lowest BCUT2D eigenvalue weighted by atomic mass is 10.1. The first-order valence-corrected chi connectivity index (χ1v) is 7.78. The Hall–Kier alpha value is -2.33. The molecule has 4 nitrogen and oxygen atoms in total. The molecule has 0 heterocycles. The fraction of sp³-hybridized carbons (Fsp3) is 0.222. The molecule has 0 aliphatic heterocycles. The number of ether oxygens (including phenoxy) is 1. The molecule has 0 unspecified atom stereocenters. The Morgan fingerprint density at radius 1 is 1.00 bits per heavy atom. The highest BCUT2D eigenvalue weighted by Crippen LogP contribution is 2.14. The first-order valence-electron chi connectivity index (χ1n) is 7.24. The molecular formula is C18H18ClNO3. The van der Waals surface area contributed by atoms with E-state index in [1.165, 1.54) is 7.11 Å². The van der Waals surface area contributed by atoms with Crippen LogP contribution in [0.5, 0.6) is 0 Å². The largest absolute Gasteiger partial charge is 0.469 e. The number of aryl methyl sites for hydroxylation is 1. The van der Waals surface area contributed by atoms with Gasteiger partial charge in [-0.25, -0.2) is 0 Å². The Labute approximate surface area is 140 Å². The van der Waals surface area contributed by atoms with Crippen LogP contribution in [0.15, 0.2) is 48.5 Å². The van der Waals surface area contributed by atoms with Crippen LogP contribution < -0.4 is 5.32 Å². The summed E-state index contributed by atoms with van der Waals surface area (Å²) in [5.74, 6) is 0.0192.